The highest BCUT2D eigenvalue weighted by Gasteiger charge is 2.23. The van der Waals surface area contributed by atoms with Gasteiger partial charge in [0, 0.05) is 35.4 Å². The maximum atomic E-state index is 4.29. The summed E-state index contributed by atoms with van der Waals surface area (Å²) in [5.41, 5.74) is 5.42. The van der Waals surface area contributed by atoms with Crippen LogP contribution in [0.5, 0.6) is 0 Å². The molecule has 100 valence electrons. The van der Waals surface area contributed by atoms with E-state index in [1.165, 1.54) is 33.3 Å². The summed E-state index contributed by atoms with van der Waals surface area (Å²) in [5, 5.41) is 7.95. The number of aryl methyl sites for hydroxylation is 1. The third kappa shape index (κ3) is 2.35. The second-order valence-corrected chi connectivity index (χ2v) is 6.01. The Labute approximate surface area is 122 Å². The highest BCUT2D eigenvalue weighted by Crippen LogP contribution is 2.35. The minimum atomic E-state index is 0.465. The van der Waals surface area contributed by atoms with Gasteiger partial charge < -0.3 is 5.32 Å². The maximum absolute atomic E-state index is 4.29. The standard InChI is InChI=1S/C15H18BrN3/c1-10-11(9-18-19(10)2)8-17-15-7-6-12-13(15)4-3-5-14(12)16/h3-5,9,15,17H,6-8H2,1-2H3. The molecule has 3 rings (SSSR count). The second-order valence-electron chi connectivity index (χ2n) is 5.16. The number of rotatable bonds is 3. The van der Waals surface area contributed by atoms with Crippen LogP contribution in [0.4, 0.5) is 0 Å². The summed E-state index contributed by atoms with van der Waals surface area (Å²) in [7, 11) is 1.99. The first kappa shape index (κ1) is 12.9. The number of nitrogens with zero attached hydrogens (tertiary/aromatic N) is 2. The zero-order valence-corrected chi connectivity index (χ0v) is 12.9. The van der Waals surface area contributed by atoms with Gasteiger partial charge in [-0.3, -0.25) is 4.68 Å². The van der Waals surface area contributed by atoms with E-state index < -0.39 is 0 Å². The molecule has 19 heavy (non-hydrogen) atoms. The monoisotopic (exact) mass is 319 g/mol. The first-order valence-electron chi connectivity index (χ1n) is 6.65. The molecule has 1 heterocycles. The minimum absolute atomic E-state index is 0.465. The molecule has 0 radical (unpaired) electrons. The smallest absolute Gasteiger partial charge is 0.0537 e. The van der Waals surface area contributed by atoms with Crippen LogP contribution >= 0.6 is 15.9 Å². The predicted molar refractivity (Wildman–Crippen MR) is 80.0 cm³/mol. The largest absolute Gasteiger partial charge is 0.306 e. The van der Waals surface area contributed by atoms with Crippen LogP contribution in [0.15, 0.2) is 28.9 Å². The molecule has 1 aliphatic carbocycles. The summed E-state index contributed by atoms with van der Waals surface area (Å²) in [6.45, 7) is 3.00. The van der Waals surface area contributed by atoms with E-state index in [1.807, 2.05) is 17.9 Å². The van der Waals surface area contributed by atoms with Gasteiger partial charge in [-0.2, -0.15) is 5.10 Å². The Kier molecular flexibility index (Phi) is 3.46. The molecule has 0 saturated carbocycles. The van der Waals surface area contributed by atoms with Gasteiger partial charge in [0.05, 0.1) is 6.20 Å². The van der Waals surface area contributed by atoms with Crippen LogP contribution in [-0.2, 0) is 20.0 Å². The van der Waals surface area contributed by atoms with Crippen molar-refractivity contribution >= 4 is 15.9 Å². The third-order valence-electron chi connectivity index (χ3n) is 4.09. The van der Waals surface area contributed by atoms with Crippen molar-refractivity contribution in [2.45, 2.75) is 32.4 Å². The Morgan fingerprint density at radius 1 is 1.47 bits per heavy atom. The topological polar surface area (TPSA) is 29.9 Å². The highest BCUT2D eigenvalue weighted by atomic mass is 79.9. The van der Waals surface area contributed by atoms with Crippen molar-refractivity contribution in [3.05, 3.63) is 51.3 Å². The summed E-state index contributed by atoms with van der Waals surface area (Å²) in [5.74, 6) is 0. The van der Waals surface area contributed by atoms with Crippen molar-refractivity contribution in [1.29, 1.82) is 0 Å². The molecule has 3 nitrogen and oxygen atoms in total. The van der Waals surface area contributed by atoms with Gasteiger partial charge in [0.15, 0.2) is 0 Å². The van der Waals surface area contributed by atoms with E-state index in [9.17, 15) is 0 Å². The fourth-order valence-electron chi connectivity index (χ4n) is 2.77. The van der Waals surface area contributed by atoms with Gasteiger partial charge in [-0.05, 0) is 37.0 Å². The number of hydrogen-bond acceptors (Lipinski definition) is 2. The Morgan fingerprint density at radius 2 is 2.32 bits per heavy atom. The Hall–Kier alpha value is -1.13. The van der Waals surface area contributed by atoms with Gasteiger partial charge in [0.1, 0.15) is 0 Å². The van der Waals surface area contributed by atoms with Crippen molar-refractivity contribution in [3.8, 4) is 0 Å². The van der Waals surface area contributed by atoms with Crippen LogP contribution in [-0.4, -0.2) is 9.78 Å². The van der Waals surface area contributed by atoms with Gasteiger partial charge >= 0.3 is 0 Å². The Balaban J connectivity index is 1.74. The lowest BCUT2D eigenvalue weighted by Gasteiger charge is -2.14. The van der Waals surface area contributed by atoms with Crippen LogP contribution in [0.2, 0.25) is 0 Å². The third-order valence-corrected chi connectivity index (χ3v) is 4.83. The lowest BCUT2D eigenvalue weighted by atomic mass is 10.1. The van der Waals surface area contributed by atoms with E-state index in [1.54, 1.807) is 0 Å². The Bertz CT molecular complexity index is 603. The lowest BCUT2D eigenvalue weighted by Crippen LogP contribution is -2.19. The van der Waals surface area contributed by atoms with Gasteiger partial charge in [0.2, 0.25) is 0 Å². The zero-order chi connectivity index (χ0) is 13.4. The van der Waals surface area contributed by atoms with E-state index in [0.29, 0.717) is 6.04 Å². The van der Waals surface area contributed by atoms with E-state index in [0.717, 1.165) is 13.0 Å². The van der Waals surface area contributed by atoms with E-state index in [2.05, 4.69) is 51.5 Å². The molecule has 0 saturated heterocycles. The molecule has 1 aromatic heterocycles. The van der Waals surface area contributed by atoms with Crippen molar-refractivity contribution in [1.82, 2.24) is 15.1 Å². The second kappa shape index (κ2) is 5.10. The van der Waals surface area contributed by atoms with E-state index in [-0.39, 0.29) is 0 Å². The van der Waals surface area contributed by atoms with Crippen molar-refractivity contribution in [2.75, 3.05) is 0 Å². The van der Waals surface area contributed by atoms with Crippen molar-refractivity contribution < 1.29 is 0 Å². The molecule has 0 bridgehead atoms. The number of hydrogen-bond donors (Lipinski definition) is 1. The zero-order valence-electron chi connectivity index (χ0n) is 11.3. The Morgan fingerprint density at radius 3 is 3.05 bits per heavy atom. The van der Waals surface area contributed by atoms with Crippen molar-refractivity contribution in [2.24, 2.45) is 7.05 Å². The van der Waals surface area contributed by atoms with E-state index in [4.69, 9.17) is 0 Å². The molecule has 0 fully saturated rings. The fourth-order valence-corrected chi connectivity index (χ4v) is 3.35. The fraction of sp³-hybridized carbons (Fsp3) is 0.400. The number of halogens is 1. The van der Waals surface area contributed by atoms with Gasteiger partial charge in [-0.15, -0.1) is 0 Å². The molecule has 0 aliphatic heterocycles. The van der Waals surface area contributed by atoms with Crippen LogP contribution in [0.1, 0.15) is 34.8 Å². The average Bonchev–Trinajstić information content (AvgIpc) is 2.95. The number of aromatic nitrogens is 2. The predicted octanol–water partition coefficient (Wildman–Crippen LogP) is 3.27. The molecular formula is C15H18BrN3. The quantitative estimate of drug-likeness (QED) is 0.941. The summed E-state index contributed by atoms with van der Waals surface area (Å²) in [6.07, 6.45) is 4.29. The molecule has 0 amide bonds. The van der Waals surface area contributed by atoms with Crippen LogP contribution in [0, 0.1) is 6.92 Å². The molecule has 1 aromatic carbocycles. The van der Waals surface area contributed by atoms with Crippen molar-refractivity contribution in [3.63, 3.8) is 0 Å². The summed E-state index contributed by atoms with van der Waals surface area (Å²) < 4.78 is 3.17. The van der Waals surface area contributed by atoms with Gasteiger partial charge in [-0.25, -0.2) is 0 Å². The first-order valence-corrected chi connectivity index (χ1v) is 7.44. The molecule has 1 N–H and O–H groups in total. The molecule has 1 unspecified atom stereocenters. The van der Waals surface area contributed by atoms with Crippen LogP contribution < -0.4 is 5.32 Å². The number of benzene rings is 1. The van der Waals surface area contributed by atoms with Gasteiger partial charge in [0.25, 0.3) is 0 Å². The molecular weight excluding hydrogens is 302 g/mol. The molecule has 1 aliphatic rings. The van der Waals surface area contributed by atoms with Gasteiger partial charge in [-0.1, -0.05) is 28.1 Å². The molecule has 4 heteroatoms. The lowest BCUT2D eigenvalue weighted by molar-refractivity contribution is 0.529. The minimum Gasteiger partial charge on any atom is -0.306 e. The van der Waals surface area contributed by atoms with Crippen LogP contribution in [0.3, 0.4) is 0 Å². The average molecular weight is 320 g/mol. The highest BCUT2D eigenvalue weighted by molar-refractivity contribution is 9.10. The van der Waals surface area contributed by atoms with Crippen LogP contribution in [0.25, 0.3) is 0 Å². The summed E-state index contributed by atoms with van der Waals surface area (Å²) in [6, 6.07) is 6.96. The maximum Gasteiger partial charge on any atom is 0.0537 e. The number of fused-ring (bicyclic) bond motifs is 1. The molecule has 2 aromatic rings. The van der Waals surface area contributed by atoms with E-state index >= 15 is 0 Å². The normalized spacial score (nSPS) is 17.7. The molecule has 0 spiro atoms. The summed E-state index contributed by atoms with van der Waals surface area (Å²) in [4.78, 5) is 0. The molecule has 1 atom stereocenters. The SMILES string of the molecule is Cc1c(CNC2CCc3c(Br)cccc32)cnn1C. The first-order chi connectivity index (χ1) is 9.16. The summed E-state index contributed by atoms with van der Waals surface area (Å²) >= 11 is 3.64. The number of nitrogens with one attached hydrogen (secondary N) is 1.